The number of aromatic amines is 1. The van der Waals surface area contributed by atoms with Crippen LogP contribution in [-0.2, 0) is 16.3 Å². The maximum Gasteiger partial charge on any atom is 0.164 e. The molecule has 0 bridgehead atoms. The Morgan fingerprint density at radius 1 is 1.40 bits per heavy atom. The van der Waals surface area contributed by atoms with E-state index in [1.165, 1.54) is 0 Å². The van der Waals surface area contributed by atoms with Gasteiger partial charge in [-0.05, 0) is 24.1 Å². The molecule has 0 fully saturated rings. The van der Waals surface area contributed by atoms with Gasteiger partial charge in [0.15, 0.2) is 9.84 Å². The van der Waals surface area contributed by atoms with Gasteiger partial charge in [0, 0.05) is 18.1 Å². The van der Waals surface area contributed by atoms with Crippen molar-refractivity contribution in [2.75, 3.05) is 12.1 Å². The molecule has 0 radical (unpaired) electrons. The van der Waals surface area contributed by atoms with Crippen molar-refractivity contribution < 1.29 is 8.42 Å². The molecule has 112 valence electrons. The zero-order valence-corrected chi connectivity index (χ0v) is 13.9. The Labute approximate surface area is 134 Å². The van der Waals surface area contributed by atoms with Crippen LogP contribution in [-0.4, -0.2) is 35.2 Å². The summed E-state index contributed by atoms with van der Waals surface area (Å²) in [5.74, 6) is -0.124. The number of fused-ring (bicyclic) bond motifs is 1. The van der Waals surface area contributed by atoms with E-state index in [-0.39, 0.29) is 24.2 Å². The third kappa shape index (κ3) is 4.01. The molecule has 1 aromatic heterocycles. The first-order valence-corrected chi connectivity index (χ1v) is 8.65. The van der Waals surface area contributed by atoms with E-state index < -0.39 is 14.5 Å². The fourth-order valence-electron chi connectivity index (χ4n) is 1.98. The summed E-state index contributed by atoms with van der Waals surface area (Å²) in [7, 11) is -3.31. The van der Waals surface area contributed by atoms with Crippen LogP contribution in [0.15, 0.2) is 24.5 Å². The molecule has 0 aliphatic rings. The lowest BCUT2D eigenvalue weighted by atomic mass is 10.0. The third-order valence-electron chi connectivity index (χ3n) is 2.96. The first-order chi connectivity index (χ1) is 8.91. The summed E-state index contributed by atoms with van der Waals surface area (Å²) in [6, 6.07) is 5.73. The van der Waals surface area contributed by atoms with Crippen LogP contribution >= 0.6 is 35.6 Å². The lowest BCUT2D eigenvalue weighted by Crippen LogP contribution is -2.26. The molecule has 2 rings (SSSR count). The molecule has 4 nitrogen and oxygen atoms in total. The average molecular weight is 358 g/mol. The molecular formula is C12H15Cl3N2O2S. The molecule has 8 heteroatoms. The van der Waals surface area contributed by atoms with Gasteiger partial charge in [0.2, 0.25) is 0 Å². The molecule has 2 atom stereocenters. The molecule has 0 saturated carbocycles. The van der Waals surface area contributed by atoms with Gasteiger partial charge in [0.25, 0.3) is 0 Å². The largest absolute Gasteiger partial charge is 0.345 e. The fraction of sp³-hybridized carbons (Fsp3) is 0.417. The van der Waals surface area contributed by atoms with Crippen molar-refractivity contribution in [1.82, 2.24) is 9.97 Å². The van der Waals surface area contributed by atoms with E-state index in [2.05, 4.69) is 9.97 Å². The smallest absolute Gasteiger partial charge is 0.164 e. The van der Waals surface area contributed by atoms with Crippen molar-refractivity contribution >= 4 is 56.5 Å². The van der Waals surface area contributed by atoms with Crippen LogP contribution in [0.25, 0.3) is 11.0 Å². The third-order valence-corrected chi connectivity index (χ3v) is 5.89. The second kappa shape index (κ2) is 6.98. The van der Waals surface area contributed by atoms with Crippen LogP contribution < -0.4 is 0 Å². The van der Waals surface area contributed by atoms with E-state index in [0.29, 0.717) is 6.42 Å². The first kappa shape index (κ1) is 17.6. The summed E-state index contributed by atoms with van der Waals surface area (Å²) < 4.78 is 22.0. The van der Waals surface area contributed by atoms with Crippen molar-refractivity contribution in [1.29, 1.82) is 0 Å². The molecule has 2 unspecified atom stereocenters. The Bertz CT molecular complexity index is 672. The Kier molecular flexibility index (Phi) is 6.13. The van der Waals surface area contributed by atoms with E-state index >= 15 is 0 Å². The monoisotopic (exact) mass is 356 g/mol. The van der Waals surface area contributed by atoms with Gasteiger partial charge in [0.05, 0.1) is 17.4 Å². The number of rotatable bonds is 5. The Morgan fingerprint density at radius 3 is 2.70 bits per heavy atom. The summed E-state index contributed by atoms with van der Waals surface area (Å²) >= 11 is 11.8. The Balaban J connectivity index is 0.00000200. The lowest BCUT2D eigenvalue weighted by molar-refractivity contribution is 0.562. The number of halogens is 3. The Hall–Kier alpha value is -0.490. The molecule has 2 aromatic rings. The predicted octanol–water partition coefficient (Wildman–Crippen LogP) is 2.99. The van der Waals surface area contributed by atoms with Crippen LogP contribution in [0, 0.1) is 5.92 Å². The van der Waals surface area contributed by atoms with E-state index in [4.69, 9.17) is 23.2 Å². The standard InChI is InChI=1S/C12H14Cl2N2O2S.ClH/c1-19(17,18)12(14)9(6-13)4-8-2-3-10-11(5-8)16-7-15-10;/h2-3,5,7,9,12H,4,6H2,1H3,(H,15,16);1H. The van der Waals surface area contributed by atoms with Crippen LogP contribution in [0.2, 0.25) is 0 Å². The lowest BCUT2D eigenvalue weighted by Gasteiger charge is -2.18. The zero-order chi connectivity index (χ0) is 14.0. The molecular weight excluding hydrogens is 343 g/mol. The quantitative estimate of drug-likeness (QED) is 0.837. The van der Waals surface area contributed by atoms with Crippen LogP contribution in [0.1, 0.15) is 5.56 Å². The number of sulfone groups is 1. The second-order valence-electron chi connectivity index (χ2n) is 4.55. The summed E-state index contributed by atoms with van der Waals surface area (Å²) in [6.45, 7) is 0. The molecule has 0 aliphatic carbocycles. The highest BCUT2D eigenvalue weighted by Crippen LogP contribution is 2.24. The van der Waals surface area contributed by atoms with Crippen LogP contribution in [0.5, 0.6) is 0 Å². The molecule has 0 amide bonds. The van der Waals surface area contributed by atoms with E-state index in [1.807, 2.05) is 18.2 Å². The van der Waals surface area contributed by atoms with Gasteiger partial charge in [-0.15, -0.1) is 35.6 Å². The van der Waals surface area contributed by atoms with Crippen molar-refractivity contribution in [2.45, 2.75) is 11.1 Å². The highest BCUT2D eigenvalue weighted by atomic mass is 35.5. The van der Waals surface area contributed by atoms with Crippen LogP contribution in [0.4, 0.5) is 0 Å². The number of hydrogen-bond donors (Lipinski definition) is 1. The summed E-state index contributed by atoms with van der Waals surface area (Å²) in [6.07, 6.45) is 3.26. The number of nitrogens with one attached hydrogen (secondary N) is 1. The van der Waals surface area contributed by atoms with Crippen molar-refractivity contribution in [3.8, 4) is 0 Å². The van der Waals surface area contributed by atoms with E-state index in [0.717, 1.165) is 22.9 Å². The van der Waals surface area contributed by atoms with Crippen molar-refractivity contribution in [3.05, 3.63) is 30.1 Å². The number of imidazole rings is 1. The van der Waals surface area contributed by atoms with Gasteiger partial charge in [-0.2, -0.15) is 0 Å². The fourth-order valence-corrected chi connectivity index (χ4v) is 3.53. The Morgan fingerprint density at radius 2 is 2.10 bits per heavy atom. The minimum Gasteiger partial charge on any atom is -0.345 e. The highest BCUT2D eigenvalue weighted by Gasteiger charge is 2.27. The number of alkyl halides is 2. The number of benzene rings is 1. The van der Waals surface area contributed by atoms with Gasteiger partial charge in [-0.1, -0.05) is 6.07 Å². The zero-order valence-electron chi connectivity index (χ0n) is 10.7. The second-order valence-corrected chi connectivity index (χ2v) is 7.76. The molecule has 1 aromatic carbocycles. The maximum absolute atomic E-state index is 11.5. The summed E-state index contributed by atoms with van der Waals surface area (Å²) in [5.41, 5.74) is 2.77. The van der Waals surface area contributed by atoms with Gasteiger partial charge >= 0.3 is 0 Å². The van der Waals surface area contributed by atoms with E-state index in [9.17, 15) is 8.42 Å². The van der Waals surface area contributed by atoms with Gasteiger partial charge < -0.3 is 4.98 Å². The SMILES string of the molecule is CS(=O)(=O)C(Cl)C(CCl)Cc1ccc2nc[nH]c2c1.Cl. The first-order valence-electron chi connectivity index (χ1n) is 5.72. The highest BCUT2D eigenvalue weighted by molar-refractivity contribution is 7.92. The van der Waals surface area contributed by atoms with Crippen LogP contribution in [0.3, 0.4) is 0 Å². The van der Waals surface area contributed by atoms with Gasteiger partial charge in [-0.25, -0.2) is 13.4 Å². The van der Waals surface area contributed by atoms with E-state index in [1.54, 1.807) is 6.33 Å². The number of nitrogens with zero attached hydrogens (tertiary/aromatic N) is 1. The van der Waals surface area contributed by atoms with Gasteiger partial charge in [-0.3, -0.25) is 0 Å². The van der Waals surface area contributed by atoms with Crippen molar-refractivity contribution in [3.63, 3.8) is 0 Å². The topological polar surface area (TPSA) is 62.8 Å². The molecule has 1 N–H and O–H groups in total. The molecule has 1 heterocycles. The maximum atomic E-state index is 11.5. The van der Waals surface area contributed by atoms with Gasteiger partial charge in [0.1, 0.15) is 4.71 Å². The average Bonchev–Trinajstić information content (AvgIpc) is 2.81. The normalized spacial score (nSPS) is 14.8. The molecule has 0 aliphatic heterocycles. The number of hydrogen-bond acceptors (Lipinski definition) is 3. The molecule has 0 saturated heterocycles. The minimum absolute atomic E-state index is 0. The predicted molar refractivity (Wildman–Crippen MR) is 85.7 cm³/mol. The summed E-state index contributed by atoms with van der Waals surface area (Å²) in [4.78, 5) is 7.15. The number of H-pyrrole nitrogens is 1. The molecule has 0 spiro atoms. The molecule has 20 heavy (non-hydrogen) atoms. The number of aromatic nitrogens is 2. The summed E-state index contributed by atoms with van der Waals surface area (Å²) in [5, 5.41) is 0. The minimum atomic E-state index is -3.31. The van der Waals surface area contributed by atoms with Crippen molar-refractivity contribution in [2.24, 2.45) is 5.92 Å².